The van der Waals surface area contributed by atoms with Crippen molar-refractivity contribution >= 4 is 29.2 Å². The first-order valence-electron chi connectivity index (χ1n) is 11.7. The minimum atomic E-state index is -0.411. The van der Waals surface area contributed by atoms with Crippen LogP contribution in [0.1, 0.15) is 68.8 Å². The van der Waals surface area contributed by atoms with E-state index in [2.05, 4.69) is 28.8 Å². The summed E-state index contributed by atoms with van der Waals surface area (Å²) < 4.78 is 5.05. The smallest absolute Gasteiger partial charge is 0.410 e. The average Bonchev–Trinajstić information content (AvgIpc) is 2.86. The maximum atomic E-state index is 12.6. The van der Waals surface area contributed by atoms with Gasteiger partial charge in [-0.1, -0.05) is 26.0 Å². The van der Waals surface area contributed by atoms with Gasteiger partial charge >= 0.3 is 6.09 Å². The molecule has 0 bridgehead atoms. The third kappa shape index (κ3) is 8.44. The number of amides is 2. The van der Waals surface area contributed by atoms with E-state index in [0.717, 1.165) is 23.3 Å². The molecule has 0 spiro atoms. The van der Waals surface area contributed by atoms with Gasteiger partial charge in [0.25, 0.3) is 5.91 Å². The van der Waals surface area contributed by atoms with Crippen LogP contribution in [0.5, 0.6) is 0 Å². The van der Waals surface area contributed by atoms with Gasteiger partial charge in [0.1, 0.15) is 11.5 Å². The van der Waals surface area contributed by atoms with E-state index in [1.807, 2.05) is 6.92 Å². The summed E-state index contributed by atoms with van der Waals surface area (Å²) in [7, 11) is 0. The Morgan fingerprint density at radius 3 is 2.66 bits per heavy atom. The summed E-state index contributed by atoms with van der Waals surface area (Å²) in [6.07, 6.45) is 6.72. The molecule has 3 rings (SSSR count). The molecule has 3 heterocycles. The van der Waals surface area contributed by atoms with Gasteiger partial charge in [-0.2, -0.15) is 0 Å². The number of carbonyl (C=O) groups is 2. The SMILES string of the molecule is C=CC(=N)c1cccc(NC(=O)c2cc3c(cn2)CCN(C(=O)OCC)C3)n1.CCCCC(C)=N.[HH]. The molecule has 0 aliphatic carbocycles. The number of ether oxygens (including phenoxy) is 1. The third-order valence-electron chi connectivity index (χ3n) is 5.23. The highest BCUT2D eigenvalue weighted by Crippen LogP contribution is 2.20. The minimum Gasteiger partial charge on any atom is -0.450 e. The zero-order chi connectivity index (χ0) is 25.8. The molecular formula is C26H36N6O3. The molecule has 0 fully saturated rings. The van der Waals surface area contributed by atoms with Gasteiger partial charge in [0.15, 0.2) is 0 Å². The maximum absolute atomic E-state index is 12.6. The molecule has 0 radical (unpaired) electrons. The van der Waals surface area contributed by atoms with Gasteiger partial charge in [-0.25, -0.2) is 9.78 Å². The minimum absolute atomic E-state index is 0. The van der Waals surface area contributed by atoms with Gasteiger partial charge in [-0.3, -0.25) is 15.2 Å². The summed E-state index contributed by atoms with van der Waals surface area (Å²) in [5.74, 6) is -0.0902. The van der Waals surface area contributed by atoms with Crippen LogP contribution in [0.4, 0.5) is 10.6 Å². The molecule has 1 aliphatic heterocycles. The average molecular weight is 481 g/mol. The van der Waals surface area contributed by atoms with Crippen LogP contribution in [0.15, 0.2) is 43.1 Å². The van der Waals surface area contributed by atoms with Crippen molar-refractivity contribution in [1.82, 2.24) is 14.9 Å². The second-order valence-corrected chi connectivity index (χ2v) is 8.07. The molecule has 2 amide bonds. The van der Waals surface area contributed by atoms with Crippen LogP contribution < -0.4 is 5.32 Å². The number of carbonyl (C=O) groups excluding carboxylic acids is 2. The number of allylic oxidation sites excluding steroid dienone is 1. The largest absolute Gasteiger partial charge is 0.450 e. The van der Waals surface area contributed by atoms with Crippen LogP contribution in [0, 0.1) is 10.8 Å². The topological polar surface area (TPSA) is 132 Å². The summed E-state index contributed by atoms with van der Waals surface area (Å²) in [6, 6.07) is 6.69. The van der Waals surface area contributed by atoms with Crippen LogP contribution in [0.25, 0.3) is 0 Å². The van der Waals surface area contributed by atoms with Gasteiger partial charge in [0, 0.05) is 26.4 Å². The number of hydrogen-bond acceptors (Lipinski definition) is 7. The fraction of sp³-hybridized carbons (Fsp3) is 0.385. The van der Waals surface area contributed by atoms with Crippen molar-refractivity contribution in [1.29, 1.82) is 10.8 Å². The van der Waals surface area contributed by atoms with Gasteiger partial charge < -0.3 is 20.4 Å². The van der Waals surface area contributed by atoms with Crippen LogP contribution in [-0.4, -0.2) is 51.4 Å². The monoisotopic (exact) mass is 480 g/mol. The van der Waals surface area contributed by atoms with E-state index in [9.17, 15) is 9.59 Å². The van der Waals surface area contributed by atoms with Crippen molar-refractivity contribution in [2.45, 2.75) is 53.0 Å². The molecule has 0 saturated carbocycles. The zero-order valence-corrected chi connectivity index (χ0v) is 20.7. The molecule has 0 aromatic carbocycles. The standard InChI is InChI=1S/C20H21N5O3.C6H13N.H2/c1-3-15(21)16-6-5-7-18(23-16)24-19(26)17-10-14-12-25(20(27)28-4-2)9-8-13(14)11-22-17;1-3-4-5-6(2)7;/h3,5-7,10-11,21H,1,4,8-9,12H2,2H3,(H,23,24,26);7H,3-5H2,1-2H3;1H. The molecule has 2 aromatic rings. The quantitative estimate of drug-likeness (QED) is 0.443. The third-order valence-corrected chi connectivity index (χ3v) is 5.23. The van der Waals surface area contributed by atoms with E-state index in [4.69, 9.17) is 15.6 Å². The van der Waals surface area contributed by atoms with E-state index >= 15 is 0 Å². The Morgan fingerprint density at radius 1 is 1.26 bits per heavy atom. The lowest BCUT2D eigenvalue weighted by Crippen LogP contribution is -2.36. The first-order chi connectivity index (χ1) is 16.8. The number of unbranched alkanes of at least 4 members (excludes halogenated alkanes) is 1. The molecule has 188 valence electrons. The maximum Gasteiger partial charge on any atom is 0.410 e. The second kappa shape index (κ2) is 13.7. The molecule has 9 heteroatoms. The van der Waals surface area contributed by atoms with Crippen LogP contribution in [0.2, 0.25) is 0 Å². The Labute approximate surface area is 208 Å². The van der Waals surface area contributed by atoms with E-state index < -0.39 is 5.91 Å². The fourth-order valence-corrected chi connectivity index (χ4v) is 3.31. The van der Waals surface area contributed by atoms with Crippen LogP contribution >= 0.6 is 0 Å². The van der Waals surface area contributed by atoms with Crippen molar-refractivity contribution in [3.63, 3.8) is 0 Å². The molecule has 1 aliphatic rings. The number of nitrogens with zero attached hydrogens (tertiary/aromatic N) is 3. The second-order valence-electron chi connectivity index (χ2n) is 8.07. The van der Waals surface area contributed by atoms with Crippen molar-refractivity contribution < 1.29 is 15.8 Å². The number of fused-ring (bicyclic) bond motifs is 1. The predicted octanol–water partition coefficient (Wildman–Crippen LogP) is 5.26. The van der Waals surface area contributed by atoms with E-state index in [1.165, 1.54) is 18.9 Å². The molecule has 0 unspecified atom stereocenters. The van der Waals surface area contributed by atoms with Gasteiger partial charge in [0.05, 0.1) is 18.0 Å². The summed E-state index contributed by atoms with van der Waals surface area (Å²) in [6.45, 7) is 10.6. The molecule has 35 heavy (non-hydrogen) atoms. The Morgan fingerprint density at radius 2 is 2.03 bits per heavy atom. The highest BCUT2D eigenvalue weighted by Gasteiger charge is 2.23. The summed E-state index contributed by atoms with van der Waals surface area (Å²) in [4.78, 5) is 34.6. The molecule has 3 N–H and O–H groups in total. The first kappa shape index (κ1) is 27.4. The van der Waals surface area contributed by atoms with Crippen LogP contribution in [0.3, 0.4) is 0 Å². The molecular weight excluding hydrogens is 444 g/mol. The van der Waals surface area contributed by atoms with Gasteiger partial charge in [-0.15, -0.1) is 0 Å². The number of nitrogens with one attached hydrogen (secondary N) is 3. The lowest BCUT2D eigenvalue weighted by atomic mass is 10.0. The number of pyridine rings is 2. The highest BCUT2D eigenvalue weighted by atomic mass is 16.6. The van der Waals surface area contributed by atoms with Crippen molar-refractivity contribution in [2.75, 3.05) is 18.5 Å². The lowest BCUT2D eigenvalue weighted by molar-refractivity contribution is 0.102. The number of rotatable bonds is 8. The normalized spacial score (nSPS) is 11.9. The summed E-state index contributed by atoms with van der Waals surface area (Å²) in [5.41, 5.74) is 3.50. The fourth-order valence-electron chi connectivity index (χ4n) is 3.31. The van der Waals surface area contributed by atoms with E-state index in [1.54, 1.807) is 42.3 Å². The summed E-state index contributed by atoms with van der Waals surface area (Å²) in [5, 5.41) is 17.4. The van der Waals surface area contributed by atoms with E-state index in [0.29, 0.717) is 37.6 Å². The Hall–Kier alpha value is -3.88. The van der Waals surface area contributed by atoms with Gasteiger partial charge in [-0.05, 0) is 68.5 Å². The van der Waals surface area contributed by atoms with Gasteiger partial charge in [0.2, 0.25) is 0 Å². The Kier molecular flexibility index (Phi) is 10.7. The number of aromatic nitrogens is 2. The van der Waals surface area contributed by atoms with Crippen molar-refractivity contribution in [3.05, 3.63) is 65.6 Å². The highest BCUT2D eigenvalue weighted by molar-refractivity contribution is 6.06. The first-order valence-corrected chi connectivity index (χ1v) is 11.7. The van der Waals surface area contributed by atoms with E-state index in [-0.39, 0.29) is 18.9 Å². The Bertz CT molecular complexity index is 1090. The molecule has 2 aromatic heterocycles. The lowest BCUT2D eigenvalue weighted by Gasteiger charge is -2.27. The predicted molar refractivity (Wildman–Crippen MR) is 140 cm³/mol. The Balaban J connectivity index is 0.000000712. The molecule has 9 nitrogen and oxygen atoms in total. The zero-order valence-electron chi connectivity index (χ0n) is 20.7. The molecule has 0 saturated heterocycles. The van der Waals surface area contributed by atoms with Crippen LogP contribution in [-0.2, 0) is 17.7 Å². The van der Waals surface area contributed by atoms with Crippen molar-refractivity contribution in [3.8, 4) is 0 Å². The number of anilines is 1. The summed E-state index contributed by atoms with van der Waals surface area (Å²) >= 11 is 0. The molecule has 0 atom stereocenters. The van der Waals surface area contributed by atoms with Crippen molar-refractivity contribution in [2.24, 2.45) is 0 Å². The number of hydrogen-bond donors (Lipinski definition) is 3.